The summed E-state index contributed by atoms with van der Waals surface area (Å²) in [5.74, 6) is 0.903. The standard InChI is InChI=1S/C20H18BrNO3/c21-14-5-3-13(4-6-14)11-18-19(24)15-7-8-17(23)16(20(15)25-18)12-22-9-1-2-10-22/h3-8,11,23H,1-2,9-10,12H2/p+1/b18-11-. The molecule has 1 saturated heterocycles. The third-order valence-corrected chi connectivity index (χ3v) is 5.35. The molecule has 128 valence electrons. The fourth-order valence-corrected chi connectivity index (χ4v) is 3.74. The number of fused-ring (bicyclic) bond motifs is 1. The molecular weight excluding hydrogens is 382 g/mol. The quantitative estimate of drug-likeness (QED) is 0.778. The largest absolute Gasteiger partial charge is 0.507 e. The van der Waals surface area contributed by atoms with Crippen LogP contribution in [-0.2, 0) is 6.54 Å². The highest BCUT2D eigenvalue weighted by molar-refractivity contribution is 9.10. The maximum Gasteiger partial charge on any atom is 0.231 e. The molecule has 1 fully saturated rings. The van der Waals surface area contributed by atoms with E-state index in [4.69, 9.17) is 4.74 Å². The van der Waals surface area contributed by atoms with E-state index in [2.05, 4.69) is 15.9 Å². The predicted octanol–water partition coefficient (Wildman–Crippen LogP) is 2.95. The van der Waals surface area contributed by atoms with Crippen LogP contribution in [0.4, 0.5) is 0 Å². The number of quaternary nitrogens is 1. The van der Waals surface area contributed by atoms with Crippen molar-refractivity contribution in [3.05, 3.63) is 63.3 Å². The van der Waals surface area contributed by atoms with Crippen molar-refractivity contribution in [2.24, 2.45) is 0 Å². The molecular formula is C20H19BrNO3+. The lowest BCUT2D eigenvalue weighted by atomic mass is 10.0. The van der Waals surface area contributed by atoms with Gasteiger partial charge in [-0.25, -0.2) is 0 Å². The Balaban J connectivity index is 1.67. The fraction of sp³-hybridized carbons (Fsp3) is 0.250. The second-order valence-electron chi connectivity index (χ2n) is 6.57. The summed E-state index contributed by atoms with van der Waals surface area (Å²) in [4.78, 5) is 14.1. The van der Waals surface area contributed by atoms with Gasteiger partial charge in [0.25, 0.3) is 0 Å². The van der Waals surface area contributed by atoms with Crippen molar-refractivity contribution in [2.45, 2.75) is 19.4 Å². The number of carbonyl (C=O) groups excluding carboxylic acids is 1. The minimum Gasteiger partial charge on any atom is -0.507 e. The number of ketones is 1. The smallest absolute Gasteiger partial charge is 0.231 e. The fourth-order valence-electron chi connectivity index (χ4n) is 3.48. The molecule has 0 aliphatic carbocycles. The number of ether oxygens (including phenoxy) is 1. The number of Topliss-reactive ketones (excluding diaryl/α,β-unsaturated/α-hetero) is 1. The van der Waals surface area contributed by atoms with Crippen LogP contribution < -0.4 is 9.64 Å². The minimum absolute atomic E-state index is 0.129. The lowest BCUT2D eigenvalue weighted by Gasteiger charge is -2.15. The number of rotatable bonds is 3. The summed E-state index contributed by atoms with van der Waals surface area (Å²) in [5, 5.41) is 10.3. The van der Waals surface area contributed by atoms with E-state index in [1.165, 1.54) is 17.7 Å². The number of allylic oxidation sites excluding steroid dienone is 1. The van der Waals surface area contributed by atoms with Gasteiger partial charge < -0.3 is 14.7 Å². The molecule has 2 heterocycles. The summed E-state index contributed by atoms with van der Waals surface area (Å²) in [5.41, 5.74) is 2.17. The van der Waals surface area contributed by atoms with Gasteiger partial charge in [-0.2, -0.15) is 0 Å². The lowest BCUT2D eigenvalue weighted by Crippen LogP contribution is -3.08. The maximum absolute atomic E-state index is 12.7. The van der Waals surface area contributed by atoms with Gasteiger partial charge in [-0.05, 0) is 35.9 Å². The highest BCUT2D eigenvalue weighted by Crippen LogP contribution is 2.39. The number of benzene rings is 2. The molecule has 2 aliphatic rings. The van der Waals surface area contributed by atoms with E-state index in [1.807, 2.05) is 24.3 Å². The number of nitrogens with one attached hydrogen (secondary N) is 1. The van der Waals surface area contributed by atoms with E-state index in [0.29, 0.717) is 23.6 Å². The van der Waals surface area contributed by atoms with E-state index in [-0.39, 0.29) is 11.5 Å². The second-order valence-corrected chi connectivity index (χ2v) is 7.48. The minimum atomic E-state index is -0.129. The van der Waals surface area contributed by atoms with Crippen LogP contribution in [-0.4, -0.2) is 24.0 Å². The van der Waals surface area contributed by atoms with Crippen molar-refractivity contribution in [3.63, 3.8) is 0 Å². The summed E-state index contributed by atoms with van der Waals surface area (Å²) >= 11 is 3.40. The van der Waals surface area contributed by atoms with Crippen LogP contribution in [0.25, 0.3) is 6.08 Å². The Hall–Kier alpha value is -2.11. The van der Waals surface area contributed by atoms with Gasteiger partial charge in [-0.15, -0.1) is 0 Å². The van der Waals surface area contributed by atoms with Crippen molar-refractivity contribution in [2.75, 3.05) is 13.1 Å². The van der Waals surface area contributed by atoms with Crippen molar-refractivity contribution in [1.29, 1.82) is 0 Å². The summed E-state index contributed by atoms with van der Waals surface area (Å²) in [6.07, 6.45) is 4.16. The zero-order valence-electron chi connectivity index (χ0n) is 13.7. The highest BCUT2D eigenvalue weighted by Gasteiger charge is 2.32. The molecule has 0 atom stereocenters. The van der Waals surface area contributed by atoms with Gasteiger partial charge in [0.15, 0.2) is 11.5 Å². The molecule has 0 bridgehead atoms. The molecule has 25 heavy (non-hydrogen) atoms. The summed E-state index contributed by atoms with van der Waals surface area (Å²) in [6.45, 7) is 2.88. The number of hydrogen-bond acceptors (Lipinski definition) is 3. The Labute approximate surface area is 154 Å². The summed E-state index contributed by atoms with van der Waals surface area (Å²) in [7, 11) is 0. The molecule has 4 nitrogen and oxygen atoms in total. The van der Waals surface area contributed by atoms with E-state index < -0.39 is 0 Å². The molecule has 2 aliphatic heterocycles. The van der Waals surface area contributed by atoms with Gasteiger partial charge in [0, 0.05) is 17.3 Å². The first-order valence-corrected chi connectivity index (χ1v) is 9.29. The Morgan fingerprint density at radius 3 is 2.56 bits per heavy atom. The average molecular weight is 401 g/mol. The summed E-state index contributed by atoms with van der Waals surface area (Å²) < 4.78 is 6.89. The number of hydrogen-bond donors (Lipinski definition) is 2. The van der Waals surface area contributed by atoms with Crippen LogP contribution in [0.15, 0.2) is 46.6 Å². The molecule has 0 aromatic heterocycles. The monoisotopic (exact) mass is 400 g/mol. The third kappa shape index (κ3) is 3.22. The molecule has 2 aromatic carbocycles. The van der Waals surface area contributed by atoms with Crippen molar-refractivity contribution in [3.8, 4) is 11.5 Å². The SMILES string of the molecule is O=C1/C(=C/c2ccc(Br)cc2)Oc2c1ccc(O)c2C[NH+]1CCCC1. The Kier molecular flexibility index (Phi) is 4.36. The van der Waals surface area contributed by atoms with Gasteiger partial charge in [0.2, 0.25) is 5.78 Å². The molecule has 0 amide bonds. The zero-order chi connectivity index (χ0) is 17.4. The topological polar surface area (TPSA) is 51.0 Å². The number of likely N-dealkylation sites (tertiary alicyclic amines) is 1. The molecule has 0 saturated carbocycles. The molecule has 2 N–H and O–H groups in total. The first-order chi connectivity index (χ1) is 12.1. The first-order valence-electron chi connectivity index (χ1n) is 8.50. The normalized spacial score (nSPS) is 18.6. The van der Waals surface area contributed by atoms with Crippen molar-refractivity contribution < 1.29 is 19.5 Å². The van der Waals surface area contributed by atoms with E-state index >= 15 is 0 Å². The van der Waals surface area contributed by atoms with Gasteiger partial charge in [0.1, 0.15) is 12.3 Å². The van der Waals surface area contributed by atoms with E-state index in [9.17, 15) is 9.90 Å². The number of halogens is 1. The molecule has 0 spiro atoms. The van der Waals surface area contributed by atoms with Crippen LogP contribution in [0.1, 0.15) is 34.3 Å². The molecule has 4 rings (SSSR count). The Morgan fingerprint density at radius 2 is 1.84 bits per heavy atom. The number of carbonyl (C=O) groups is 1. The van der Waals surface area contributed by atoms with E-state index in [0.717, 1.165) is 28.7 Å². The Bertz CT molecular complexity index is 852. The predicted molar refractivity (Wildman–Crippen MR) is 98.8 cm³/mol. The average Bonchev–Trinajstić information content (AvgIpc) is 3.22. The number of aromatic hydroxyl groups is 1. The van der Waals surface area contributed by atoms with Crippen LogP contribution in [0.5, 0.6) is 11.5 Å². The number of phenolic OH excluding ortho intramolecular Hbond substituents is 1. The lowest BCUT2D eigenvalue weighted by molar-refractivity contribution is -0.901. The third-order valence-electron chi connectivity index (χ3n) is 4.82. The second kappa shape index (κ2) is 6.65. The highest BCUT2D eigenvalue weighted by atomic mass is 79.9. The summed E-state index contributed by atoms with van der Waals surface area (Å²) in [6, 6.07) is 10.9. The van der Waals surface area contributed by atoms with Crippen LogP contribution >= 0.6 is 15.9 Å². The van der Waals surface area contributed by atoms with Crippen LogP contribution in [0.2, 0.25) is 0 Å². The molecule has 5 heteroatoms. The van der Waals surface area contributed by atoms with Crippen molar-refractivity contribution in [1.82, 2.24) is 0 Å². The van der Waals surface area contributed by atoms with E-state index in [1.54, 1.807) is 18.2 Å². The van der Waals surface area contributed by atoms with Gasteiger partial charge in [0.05, 0.1) is 24.2 Å². The van der Waals surface area contributed by atoms with Gasteiger partial charge in [-0.1, -0.05) is 28.1 Å². The zero-order valence-corrected chi connectivity index (χ0v) is 15.3. The number of phenols is 1. The van der Waals surface area contributed by atoms with Crippen LogP contribution in [0, 0.1) is 0 Å². The first kappa shape index (κ1) is 16.4. The molecule has 0 unspecified atom stereocenters. The van der Waals surface area contributed by atoms with Gasteiger partial charge in [-0.3, -0.25) is 4.79 Å². The maximum atomic E-state index is 12.7. The van der Waals surface area contributed by atoms with Crippen molar-refractivity contribution >= 4 is 27.8 Å². The van der Waals surface area contributed by atoms with Crippen LogP contribution in [0.3, 0.4) is 0 Å². The van der Waals surface area contributed by atoms with Gasteiger partial charge >= 0.3 is 0 Å². The molecule has 0 radical (unpaired) electrons. The molecule has 2 aromatic rings. The Morgan fingerprint density at radius 1 is 1.12 bits per heavy atom.